The fourth-order valence-corrected chi connectivity index (χ4v) is 2.35. The topological polar surface area (TPSA) is 44.5 Å². The maximum absolute atomic E-state index is 13.7. The molecule has 2 N–H and O–H groups in total. The number of halogens is 3. The summed E-state index contributed by atoms with van der Waals surface area (Å²) in [5.41, 5.74) is 5.95. The molecule has 0 aliphatic heterocycles. The smallest absolute Gasteiger partial charge is 0.167 e. The monoisotopic (exact) mass is 373 g/mol. The van der Waals surface area contributed by atoms with Crippen LogP contribution in [0, 0.1) is 5.82 Å². The van der Waals surface area contributed by atoms with Crippen molar-refractivity contribution in [2.45, 2.75) is 13.3 Å². The van der Waals surface area contributed by atoms with Crippen molar-refractivity contribution in [2.75, 3.05) is 12.3 Å². The lowest BCUT2D eigenvalue weighted by molar-refractivity contribution is 0.300. The quantitative estimate of drug-likeness (QED) is 0.712. The molecular formula is C15H14BrClFNO2. The van der Waals surface area contributed by atoms with Gasteiger partial charge in [-0.2, -0.15) is 0 Å². The molecule has 3 nitrogen and oxygen atoms in total. The van der Waals surface area contributed by atoms with Gasteiger partial charge < -0.3 is 15.2 Å². The van der Waals surface area contributed by atoms with Crippen molar-refractivity contribution in [1.29, 1.82) is 0 Å². The highest BCUT2D eigenvalue weighted by Crippen LogP contribution is 2.37. The second kappa shape index (κ2) is 7.00. The number of benzene rings is 2. The van der Waals surface area contributed by atoms with E-state index in [0.717, 1.165) is 10.9 Å². The summed E-state index contributed by atoms with van der Waals surface area (Å²) in [6, 6.07) is 7.79. The molecule has 0 fully saturated rings. The molecule has 0 spiro atoms. The summed E-state index contributed by atoms with van der Waals surface area (Å²) in [5, 5.41) is 0.420. The van der Waals surface area contributed by atoms with E-state index in [1.54, 1.807) is 18.2 Å². The highest BCUT2D eigenvalue weighted by Gasteiger charge is 2.12. The number of rotatable bonds is 5. The Labute approximate surface area is 135 Å². The third kappa shape index (κ3) is 4.02. The second-order valence-corrected chi connectivity index (χ2v) is 5.67. The molecule has 0 heterocycles. The first kappa shape index (κ1) is 15.9. The largest absolute Gasteiger partial charge is 0.490 e. The number of ether oxygens (including phenoxy) is 2. The summed E-state index contributed by atoms with van der Waals surface area (Å²) in [5.74, 6) is 0.316. The summed E-state index contributed by atoms with van der Waals surface area (Å²) in [6.07, 6.45) is 0.776. The fraction of sp³-hybridized carbons (Fsp3) is 0.200. The van der Waals surface area contributed by atoms with Crippen LogP contribution in [-0.2, 0) is 0 Å². The molecule has 0 atom stereocenters. The summed E-state index contributed by atoms with van der Waals surface area (Å²) >= 11 is 9.40. The fourth-order valence-electron chi connectivity index (χ4n) is 1.64. The number of nitrogens with two attached hydrogens (primary N) is 1. The SMILES string of the molecule is CCCOc1cc(Oc2ccc(Br)cc2Cl)c(N)cc1F. The second-order valence-electron chi connectivity index (χ2n) is 4.35. The highest BCUT2D eigenvalue weighted by atomic mass is 79.9. The minimum absolute atomic E-state index is 0.106. The lowest BCUT2D eigenvalue weighted by Crippen LogP contribution is -2.00. The van der Waals surface area contributed by atoms with Crippen molar-refractivity contribution in [2.24, 2.45) is 0 Å². The third-order valence-corrected chi connectivity index (χ3v) is 3.43. The van der Waals surface area contributed by atoms with Crippen LogP contribution in [0.3, 0.4) is 0 Å². The zero-order chi connectivity index (χ0) is 15.4. The maximum Gasteiger partial charge on any atom is 0.167 e. The molecular weight excluding hydrogens is 361 g/mol. The van der Waals surface area contributed by atoms with Gasteiger partial charge in [0.05, 0.1) is 17.3 Å². The molecule has 0 saturated heterocycles. The molecule has 21 heavy (non-hydrogen) atoms. The lowest BCUT2D eigenvalue weighted by Gasteiger charge is -2.13. The zero-order valence-electron chi connectivity index (χ0n) is 11.3. The molecule has 2 aromatic carbocycles. The van der Waals surface area contributed by atoms with Gasteiger partial charge in [0.2, 0.25) is 0 Å². The van der Waals surface area contributed by atoms with Crippen LogP contribution in [-0.4, -0.2) is 6.61 Å². The van der Waals surface area contributed by atoms with Crippen LogP contribution in [0.2, 0.25) is 5.02 Å². The van der Waals surface area contributed by atoms with Crippen LogP contribution in [0.4, 0.5) is 10.1 Å². The predicted octanol–water partition coefficient (Wildman–Crippen LogP) is 5.40. The first-order chi connectivity index (χ1) is 10.0. The molecule has 6 heteroatoms. The summed E-state index contributed by atoms with van der Waals surface area (Å²) < 4.78 is 25.5. The maximum atomic E-state index is 13.7. The normalized spacial score (nSPS) is 10.5. The van der Waals surface area contributed by atoms with E-state index in [0.29, 0.717) is 23.1 Å². The van der Waals surface area contributed by atoms with Crippen molar-refractivity contribution in [1.82, 2.24) is 0 Å². The van der Waals surface area contributed by atoms with Gasteiger partial charge >= 0.3 is 0 Å². The Morgan fingerprint density at radius 2 is 1.95 bits per heavy atom. The van der Waals surface area contributed by atoms with E-state index in [2.05, 4.69) is 15.9 Å². The van der Waals surface area contributed by atoms with E-state index in [1.165, 1.54) is 12.1 Å². The van der Waals surface area contributed by atoms with E-state index in [-0.39, 0.29) is 11.4 Å². The zero-order valence-corrected chi connectivity index (χ0v) is 13.7. The summed E-state index contributed by atoms with van der Waals surface area (Å²) in [7, 11) is 0. The minimum atomic E-state index is -0.518. The number of anilines is 1. The van der Waals surface area contributed by atoms with Crippen molar-refractivity contribution >= 4 is 33.2 Å². The molecule has 0 aromatic heterocycles. The van der Waals surface area contributed by atoms with Gasteiger partial charge in [-0.25, -0.2) is 4.39 Å². The van der Waals surface area contributed by atoms with Crippen LogP contribution >= 0.6 is 27.5 Å². The Morgan fingerprint density at radius 3 is 2.62 bits per heavy atom. The van der Waals surface area contributed by atoms with Gasteiger partial charge in [0.15, 0.2) is 17.3 Å². The van der Waals surface area contributed by atoms with Gasteiger partial charge in [0.25, 0.3) is 0 Å². The van der Waals surface area contributed by atoms with Crippen LogP contribution in [0.25, 0.3) is 0 Å². The molecule has 0 amide bonds. The first-order valence-corrected chi connectivity index (χ1v) is 7.53. The van der Waals surface area contributed by atoms with E-state index >= 15 is 0 Å². The Kier molecular flexibility index (Phi) is 5.31. The van der Waals surface area contributed by atoms with Crippen molar-refractivity contribution in [3.8, 4) is 17.2 Å². The number of hydrogen-bond acceptors (Lipinski definition) is 3. The molecule has 0 bridgehead atoms. The van der Waals surface area contributed by atoms with E-state index in [4.69, 9.17) is 26.8 Å². The lowest BCUT2D eigenvalue weighted by atomic mass is 10.2. The average molecular weight is 375 g/mol. The van der Waals surface area contributed by atoms with Gasteiger partial charge in [-0.3, -0.25) is 0 Å². The van der Waals surface area contributed by atoms with Crippen LogP contribution < -0.4 is 15.2 Å². The van der Waals surface area contributed by atoms with Gasteiger partial charge in [-0.05, 0) is 24.6 Å². The summed E-state index contributed by atoms with van der Waals surface area (Å²) in [6.45, 7) is 2.35. The molecule has 2 rings (SSSR count). The molecule has 0 saturated carbocycles. The summed E-state index contributed by atoms with van der Waals surface area (Å²) in [4.78, 5) is 0. The highest BCUT2D eigenvalue weighted by molar-refractivity contribution is 9.10. The van der Waals surface area contributed by atoms with E-state index in [9.17, 15) is 4.39 Å². The van der Waals surface area contributed by atoms with Gasteiger partial charge in [-0.1, -0.05) is 34.5 Å². The van der Waals surface area contributed by atoms with Crippen LogP contribution in [0.1, 0.15) is 13.3 Å². The number of hydrogen-bond donors (Lipinski definition) is 1. The third-order valence-electron chi connectivity index (χ3n) is 2.64. The van der Waals surface area contributed by atoms with Crippen molar-refractivity contribution in [3.05, 3.63) is 45.6 Å². The van der Waals surface area contributed by atoms with Gasteiger partial charge in [0, 0.05) is 16.6 Å². The van der Waals surface area contributed by atoms with Crippen molar-refractivity contribution < 1.29 is 13.9 Å². The Hall–Kier alpha value is -1.46. The van der Waals surface area contributed by atoms with Gasteiger partial charge in [-0.15, -0.1) is 0 Å². The Balaban J connectivity index is 2.30. The average Bonchev–Trinajstić information content (AvgIpc) is 2.43. The van der Waals surface area contributed by atoms with Crippen LogP contribution in [0.15, 0.2) is 34.8 Å². The van der Waals surface area contributed by atoms with E-state index in [1.807, 2.05) is 6.92 Å². The van der Waals surface area contributed by atoms with Crippen LogP contribution in [0.5, 0.6) is 17.2 Å². The Morgan fingerprint density at radius 1 is 1.19 bits per heavy atom. The van der Waals surface area contributed by atoms with Crippen molar-refractivity contribution in [3.63, 3.8) is 0 Å². The molecule has 112 valence electrons. The first-order valence-electron chi connectivity index (χ1n) is 6.36. The molecule has 0 radical (unpaired) electrons. The molecule has 2 aromatic rings. The Bertz CT molecular complexity index is 652. The molecule has 0 aliphatic carbocycles. The number of nitrogen functional groups attached to an aromatic ring is 1. The van der Waals surface area contributed by atoms with E-state index < -0.39 is 5.82 Å². The predicted molar refractivity (Wildman–Crippen MR) is 85.8 cm³/mol. The minimum Gasteiger partial charge on any atom is -0.490 e. The molecule has 0 aliphatic rings. The molecule has 0 unspecified atom stereocenters. The standard InChI is InChI=1S/C15H14BrClFNO2/c1-2-5-20-14-8-15(12(19)7-11(14)18)21-13-4-3-9(16)6-10(13)17/h3-4,6-8H,2,5,19H2,1H3. The van der Waals surface area contributed by atoms with Gasteiger partial charge in [0.1, 0.15) is 5.75 Å².